The Morgan fingerprint density at radius 2 is 1.89 bits per heavy atom. The molecule has 1 fully saturated rings. The second-order valence-corrected chi connectivity index (χ2v) is 7.55. The van der Waals surface area contributed by atoms with Gasteiger partial charge in [-0.05, 0) is 30.6 Å². The Labute approximate surface area is 117 Å². The number of H-pyrrole nitrogens is 1. The molecule has 1 unspecified atom stereocenters. The molecule has 108 valence electrons. The predicted octanol–water partition coefficient (Wildman–Crippen LogP) is 4.47. The van der Waals surface area contributed by atoms with Crippen LogP contribution in [0.5, 0.6) is 0 Å². The number of hydrogen-bond acceptors (Lipinski definition) is 2. The van der Waals surface area contributed by atoms with Gasteiger partial charge in [0.15, 0.2) is 5.82 Å². The lowest BCUT2D eigenvalue weighted by Gasteiger charge is -2.22. The SMILES string of the molecule is CC(Cc1nc(C2CCCCC2)n[nH]1)CC(C)(C)C. The van der Waals surface area contributed by atoms with Gasteiger partial charge in [-0.15, -0.1) is 0 Å². The molecular weight excluding hydrogens is 234 g/mol. The van der Waals surface area contributed by atoms with Crippen LogP contribution in [0.1, 0.15) is 83.8 Å². The molecule has 3 nitrogen and oxygen atoms in total. The number of nitrogens with zero attached hydrogens (tertiary/aromatic N) is 2. The first-order chi connectivity index (χ1) is 8.94. The molecular formula is C16H29N3. The standard InChI is InChI=1S/C16H29N3/c1-12(11-16(2,3)4)10-14-17-15(19-18-14)13-8-6-5-7-9-13/h12-13H,5-11H2,1-4H3,(H,17,18,19). The average molecular weight is 263 g/mol. The van der Waals surface area contributed by atoms with Crippen molar-refractivity contribution in [1.29, 1.82) is 0 Å². The van der Waals surface area contributed by atoms with Crippen LogP contribution in [0.25, 0.3) is 0 Å². The van der Waals surface area contributed by atoms with E-state index in [1.165, 1.54) is 38.5 Å². The summed E-state index contributed by atoms with van der Waals surface area (Å²) in [5.41, 5.74) is 0.394. The van der Waals surface area contributed by atoms with Crippen molar-refractivity contribution in [3.8, 4) is 0 Å². The first kappa shape index (κ1) is 14.5. The molecule has 0 spiro atoms. The molecule has 1 atom stereocenters. The third-order valence-corrected chi connectivity index (χ3v) is 4.02. The van der Waals surface area contributed by atoms with Gasteiger partial charge in [-0.2, -0.15) is 5.10 Å². The minimum absolute atomic E-state index is 0.394. The summed E-state index contributed by atoms with van der Waals surface area (Å²) in [6.07, 6.45) is 8.87. The molecule has 19 heavy (non-hydrogen) atoms. The Bertz CT molecular complexity index is 383. The van der Waals surface area contributed by atoms with Crippen molar-refractivity contribution in [3.05, 3.63) is 11.6 Å². The van der Waals surface area contributed by atoms with E-state index in [0.29, 0.717) is 17.3 Å². The summed E-state index contributed by atoms with van der Waals surface area (Å²) in [6, 6.07) is 0. The molecule has 1 aliphatic carbocycles. The van der Waals surface area contributed by atoms with E-state index >= 15 is 0 Å². The molecule has 0 amide bonds. The van der Waals surface area contributed by atoms with Crippen LogP contribution in [-0.4, -0.2) is 15.2 Å². The quantitative estimate of drug-likeness (QED) is 0.871. The van der Waals surface area contributed by atoms with Crippen LogP contribution < -0.4 is 0 Å². The van der Waals surface area contributed by atoms with Crippen molar-refractivity contribution in [3.63, 3.8) is 0 Å². The lowest BCUT2D eigenvalue weighted by Crippen LogP contribution is -2.13. The maximum Gasteiger partial charge on any atom is 0.153 e. The molecule has 1 N–H and O–H groups in total. The van der Waals surface area contributed by atoms with Crippen LogP contribution in [0.4, 0.5) is 0 Å². The van der Waals surface area contributed by atoms with E-state index in [1.807, 2.05) is 0 Å². The zero-order chi connectivity index (χ0) is 13.9. The Morgan fingerprint density at radius 1 is 1.21 bits per heavy atom. The van der Waals surface area contributed by atoms with Gasteiger partial charge in [0.2, 0.25) is 0 Å². The molecule has 0 aromatic carbocycles. The van der Waals surface area contributed by atoms with Gasteiger partial charge in [0.25, 0.3) is 0 Å². The molecule has 1 aromatic rings. The average Bonchev–Trinajstić information content (AvgIpc) is 2.76. The summed E-state index contributed by atoms with van der Waals surface area (Å²) in [5.74, 6) is 3.42. The number of aromatic amines is 1. The summed E-state index contributed by atoms with van der Waals surface area (Å²) in [5, 5.41) is 7.61. The molecule has 1 heterocycles. The minimum Gasteiger partial charge on any atom is -0.263 e. The minimum atomic E-state index is 0.394. The second-order valence-electron chi connectivity index (χ2n) is 7.55. The number of rotatable bonds is 4. The molecule has 1 aliphatic rings. The molecule has 0 aliphatic heterocycles. The highest BCUT2D eigenvalue weighted by Gasteiger charge is 2.21. The third-order valence-electron chi connectivity index (χ3n) is 4.02. The van der Waals surface area contributed by atoms with Crippen LogP contribution in [0, 0.1) is 11.3 Å². The molecule has 3 heteroatoms. The highest BCUT2D eigenvalue weighted by atomic mass is 15.2. The Morgan fingerprint density at radius 3 is 2.53 bits per heavy atom. The van der Waals surface area contributed by atoms with Gasteiger partial charge in [-0.3, -0.25) is 5.10 Å². The Balaban J connectivity index is 1.89. The molecule has 1 saturated carbocycles. The van der Waals surface area contributed by atoms with Crippen molar-refractivity contribution < 1.29 is 0 Å². The van der Waals surface area contributed by atoms with E-state index < -0.39 is 0 Å². The van der Waals surface area contributed by atoms with Crippen molar-refractivity contribution in [2.75, 3.05) is 0 Å². The zero-order valence-electron chi connectivity index (χ0n) is 13.0. The van der Waals surface area contributed by atoms with Gasteiger partial charge < -0.3 is 0 Å². The topological polar surface area (TPSA) is 41.6 Å². The highest BCUT2D eigenvalue weighted by molar-refractivity contribution is 4.99. The van der Waals surface area contributed by atoms with Gasteiger partial charge in [0.1, 0.15) is 5.82 Å². The van der Waals surface area contributed by atoms with E-state index in [1.54, 1.807) is 0 Å². The lowest BCUT2D eigenvalue weighted by molar-refractivity contribution is 0.303. The predicted molar refractivity (Wildman–Crippen MR) is 79.1 cm³/mol. The zero-order valence-corrected chi connectivity index (χ0v) is 13.0. The molecule has 1 aromatic heterocycles. The lowest BCUT2D eigenvalue weighted by atomic mass is 9.84. The first-order valence-corrected chi connectivity index (χ1v) is 7.85. The van der Waals surface area contributed by atoms with Crippen LogP contribution in [-0.2, 0) is 6.42 Å². The Hall–Kier alpha value is -0.860. The fourth-order valence-electron chi connectivity index (χ4n) is 3.39. The van der Waals surface area contributed by atoms with Gasteiger partial charge >= 0.3 is 0 Å². The van der Waals surface area contributed by atoms with Crippen molar-refractivity contribution in [2.45, 2.75) is 78.6 Å². The maximum atomic E-state index is 4.74. The number of hydrogen-bond donors (Lipinski definition) is 1. The van der Waals surface area contributed by atoms with Crippen LogP contribution in [0.3, 0.4) is 0 Å². The Kier molecular flexibility index (Phi) is 4.64. The van der Waals surface area contributed by atoms with E-state index in [0.717, 1.165) is 18.1 Å². The third kappa shape index (κ3) is 4.63. The summed E-state index contributed by atoms with van der Waals surface area (Å²) in [4.78, 5) is 4.74. The van der Waals surface area contributed by atoms with E-state index in [9.17, 15) is 0 Å². The number of nitrogens with one attached hydrogen (secondary N) is 1. The molecule has 0 radical (unpaired) electrons. The normalized spacial score (nSPS) is 19.6. The monoisotopic (exact) mass is 263 g/mol. The fourth-order valence-corrected chi connectivity index (χ4v) is 3.39. The van der Waals surface area contributed by atoms with E-state index in [-0.39, 0.29) is 0 Å². The maximum absolute atomic E-state index is 4.74. The summed E-state index contributed by atoms with van der Waals surface area (Å²) in [7, 11) is 0. The fraction of sp³-hybridized carbons (Fsp3) is 0.875. The van der Waals surface area contributed by atoms with Gasteiger partial charge in [-0.1, -0.05) is 47.0 Å². The first-order valence-electron chi connectivity index (χ1n) is 7.85. The molecule has 0 saturated heterocycles. The van der Waals surface area contributed by atoms with E-state index in [4.69, 9.17) is 4.98 Å². The summed E-state index contributed by atoms with van der Waals surface area (Å²) in [6.45, 7) is 9.22. The van der Waals surface area contributed by atoms with Crippen molar-refractivity contribution in [1.82, 2.24) is 15.2 Å². The molecule has 2 rings (SSSR count). The van der Waals surface area contributed by atoms with Crippen LogP contribution in [0.15, 0.2) is 0 Å². The summed E-state index contributed by atoms with van der Waals surface area (Å²) < 4.78 is 0. The van der Waals surface area contributed by atoms with Crippen molar-refractivity contribution in [2.24, 2.45) is 11.3 Å². The largest absolute Gasteiger partial charge is 0.263 e. The smallest absolute Gasteiger partial charge is 0.153 e. The van der Waals surface area contributed by atoms with Crippen LogP contribution in [0.2, 0.25) is 0 Å². The second kappa shape index (κ2) is 6.06. The van der Waals surface area contributed by atoms with Gasteiger partial charge in [0.05, 0.1) is 0 Å². The number of aromatic nitrogens is 3. The molecule has 0 bridgehead atoms. The van der Waals surface area contributed by atoms with Crippen molar-refractivity contribution >= 4 is 0 Å². The van der Waals surface area contributed by atoms with Crippen LogP contribution >= 0.6 is 0 Å². The highest BCUT2D eigenvalue weighted by Crippen LogP contribution is 2.31. The van der Waals surface area contributed by atoms with E-state index in [2.05, 4.69) is 37.9 Å². The van der Waals surface area contributed by atoms with Gasteiger partial charge in [0, 0.05) is 12.3 Å². The summed E-state index contributed by atoms with van der Waals surface area (Å²) >= 11 is 0. The van der Waals surface area contributed by atoms with Gasteiger partial charge in [-0.25, -0.2) is 4.98 Å².